The summed E-state index contributed by atoms with van der Waals surface area (Å²) >= 11 is 0. The van der Waals surface area contributed by atoms with Crippen molar-refractivity contribution in [1.29, 1.82) is 0 Å². The van der Waals surface area contributed by atoms with Crippen LogP contribution < -0.4 is 5.32 Å². The van der Waals surface area contributed by atoms with Crippen LogP contribution in [0.25, 0.3) is 0 Å². The van der Waals surface area contributed by atoms with Gasteiger partial charge in [-0.05, 0) is 68.5 Å². The van der Waals surface area contributed by atoms with E-state index in [1.807, 2.05) is 0 Å². The van der Waals surface area contributed by atoms with Crippen molar-refractivity contribution in [2.45, 2.75) is 44.6 Å². The van der Waals surface area contributed by atoms with Crippen molar-refractivity contribution >= 4 is 0 Å². The van der Waals surface area contributed by atoms with Crippen molar-refractivity contribution in [3.05, 3.63) is 47.5 Å². The number of fused-ring (bicyclic) bond motifs is 3. The highest BCUT2D eigenvalue weighted by Gasteiger charge is 2.55. The highest BCUT2D eigenvalue weighted by Crippen LogP contribution is 2.61. The molecule has 0 spiro atoms. The Morgan fingerprint density at radius 2 is 2.21 bits per heavy atom. The summed E-state index contributed by atoms with van der Waals surface area (Å²) in [5, 5.41) is 3.57. The fraction of sp³-hybridized carbons (Fsp3) is 0.556. The lowest BCUT2D eigenvalue weighted by Crippen LogP contribution is -2.28. The van der Waals surface area contributed by atoms with Crippen LogP contribution in [0.15, 0.2) is 36.4 Å². The number of allylic oxidation sites excluding steroid dienone is 1. The Morgan fingerprint density at radius 3 is 2.95 bits per heavy atom. The Balaban J connectivity index is 1.73. The van der Waals surface area contributed by atoms with Gasteiger partial charge in [0, 0.05) is 6.04 Å². The summed E-state index contributed by atoms with van der Waals surface area (Å²) in [5.74, 6) is 2.61. The molecule has 0 aromatic heterocycles. The maximum atomic E-state index is 4.04. The molecule has 0 radical (unpaired) electrons. The first-order chi connectivity index (χ1) is 9.22. The van der Waals surface area contributed by atoms with E-state index in [-0.39, 0.29) is 0 Å². The van der Waals surface area contributed by atoms with Gasteiger partial charge in [0.05, 0.1) is 0 Å². The predicted octanol–water partition coefficient (Wildman–Crippen LogP) is 3.91. The maximum absolute atomic E-state index is 4.04. The Bertz CT molecular complexity index is 476. The number of rotatable bonds is 5. The second-order valence-corrected chi connectivity index (χ2v) is 6.40. The largest absolute Gasteiger partial charge is 0.317 e. The Kier molecular flexibility index (Phi) is 3.49. The molecule has 2 aliphatic rings. The van der Waals surface area contributed by atoms with E-state index in [1.54, 1.807) is 11.1 Å². The van der Waals surface area contributed by atoms with Gasteiger partial charge >= 0.3 is 0 Å². The molecule has 1 saturated carbocycles. The quantitative estimate of drug-likeness (QED) is 0.787. The van der Waals surface area contributed by atoms with E-state index in [0.717, 1.165) is 24.2 Å². The summed E-state index contributed by atoms with van der Waals surface area (Å²) in [7, 11) is 2.12. The third-order valence-corrected chi connectivity index (χ3v) is 5.11. The zero-order valence-corrected chi connectivity index (χ0v) is 12.2. The summed E-state index contributed by atoms with van der Waals surface area (Å²) in [5.41, 5.74) is 4.55. The van der Waals surface area contributed by atoms with E-state index >= 15 is 0 Å². The van der Waals surface area contributed by atoms with E-state index < -0.39 is 0 Å². The predicted molar refractivity (Wildman–Crippen MR) is 81.4 cm³/mol. The zero-order chi connectivity index (χ0) is 13.4. The topological polar surface area (TPSA) is 12.0 Å². The van der Waals surface area contributed by atoms with Crippen molar-refractivity contribution in [2.75, 3.05) is 7.05 Å². The first-order valence-electron chi connectivity index (χ1n) is 7.62. The fourth-order valence-electron chi connectivity index (χ4n) is 4.10. The molecule has 1 N–H and O–H groups in total. The summed E-state index contributed by atoms with van der Waals surface area (Å²) in [6.07, 6.45) is 5.07. The van der Waals surface area contributed by atoms with Crippen molar-refractivity contribution in [2.24, 2.45) is 11.8 Å². The molecule has 0 bridgehead atoms. The van der Waals surface area contributed by atoms with Crippen LogP contribution in [-0.2, 0) is 6.42 Å². The van der Waals surface area contributed by atoms with E-state index in [2.05, 4.69) is 50.1 Å². The molecule has 1 nitrogen and oxygen atoms in total. The summed E-state index contributed by atoms with van der Waals surface area (Å²) in [6, 6.07) is 9.74. The monoisotopic (exact) mass is 255 g/mol. The molecule has 0 aliphatic heterocycles. The molecule has 1 aromatic carbocycles. The molecule has 0 amide bonds. The molecule has 1 heteroatoms. The number of benzene rings is 1. The number of nitrogens with one attached hydrogen (secondary N) is 1. The molecule has 1 fully saturated rings. The third-order valence-electron chi connectivity index (χ3n) is 5.11. The minimum absolute atomic E-state index is 0.665. The van der Waals surface area contributed by atoms with Crippen LogP contribution >= 0.6 is 0 Å². The van der Waals surface area contributed by atoms with Crippen LogP contribution in [0.1, 0.15) is 43.2 Å². The third kappa shape index (κ3) is 2.36. The van der Waals surface area contributed by atoms with Gasteiger partial charge in [0.25, 0.3) is 0 Å². The Morgan fingerprint density at radius 1 is 1.42 bits per heavy atom. The standard InChI is InChI=1S/C18H25N/c1-12(2)8-11-16(19-3)18-15-10-9-13-6-4-5-7-14(13)17(15)18/h4-7,15-19H,1,8-11H2,2-3H3. The molecule has 19 heavy (non-hydrogen) atoms. The van der Waals surface area contributed by atoms with Gasteiger partial charge in [-0.25, -0.2) is 0 Å². The summed E-state index contributed by atoms with van der Waals surface area (Å²) in [4.78, 5) is 0. The Hall–Kier alpha value is -1.08. The summed E-state index contributed by atoms with van der Waals surface area (Å²) < 4.78 is 0. The zero-order valence-electron chi connectivity index (χ0n) is 12.2. The van der Waals surface area contributed by atoms with E-state index in [4.69, 9.17) is 0 Å². The minimum atomic E-state index is 0.665. The molecule has 1 aromatic rings. The molecular weight excluding hydrogens is 230 g/mol. The average Bonchev–Trinajstić information content (AvgIpc) is 3.14. The molecule has 0 saturated heterocycles. The number of hydrogen-bond donors (Lipinski definition) is 1. The van der Waals surface area contributed by atoms with Gasteiger partial charge in [0.1, 0.15) is 0 Å². The average molecular weight is 255 g/mol. The normalized spacial score (nSPS) is 29.3. The molecule has 0 heterocycles. The number of aryl methyl sites for hydroxylation is 1. The Labute approximate surface area is 117 Å². The van der Waals surface area contributed by atoms with E-state index in [0.29, 0.717) is 6.04 Å². The van der Waals surface area contributed by atoms with Crippen LogP contribution in [0, 0.1) is 11.8 Å². The molecule has 2 aliphatic carbocycles. The van der Waals surface area contributed by atoms with Crippen LogP contribution in [0.5, 0.6) is 0 Å². The van der Waals surface area contributed by atoms with Gasteiger partial charge in [0.2, 0.25) is 0 Å². The molecule has 3 rings (SSSR count). The highest BCUT2D eigenvalue weighted by molar-refractivity contribution is 5.40. The van der Waals surface area contributed by atoms with Gasteiger partial charge < -0.3 is 5.32 Å². The van der Waals surface area contributed by atoms with Crippen molar-refractivity contribution in [3.63, 3.8) is 0 Å². The second kappa shape index (κ2) is 5.13. The van der Waals surface area contributed by atoms with Crippen LogP contribution in [0.4, 0.5) is 0 Å². The lowest BCUT2D eigenvalue weighted by Gasteiger charge is -2.16. The molecule has 4 unspecified atom stereocenters. The minimum Gasteiger partial charge on any atom is -0.317 e. The lowest BCUT2D eigenvalue weighted by atomic mass is 9.92. The van der Waals surface area contributed by atoms with Gasteiger partial charge in [-0.2, -0.15) is 0 Å². The van der Waals surface area contributed by atoms with E-state index in [9.17, 15) is 0 Å². The molecule has 102 valence electrons. The highest BCUT2D eigenvalue weighted by atomic mass is 14.9. The molecule has 4 atom stereocenters. The van der Waals surface area contributed by atoms with Crippen LogP contribution in [0.3, 0.4) is 0 Å². The van der Waals surface area contributed by atoms with Gasteiger partial charge in [-0.1, -0.05) is 29.8 Å². The van der Waals surface area contributed by atoms with Crippen molar-refractivity contribution < 1.29 is 0 Å². The van der Waals surface area contributed by atoms with Crippen molar-refractivity contribution in [3.8, 4) is 0 Å². The molecular formula is C18H25N. The van der Waals surface area contributed by atoms with Gasteiger partial charge in [0.15, 0.2) is 0 Å². The first kappa shape index (κ1) is 12.9. The second-order valence-electron chi connectivity index (χ2n) is 6.40. The van der Waals surface area contributed by atoms with E-state index in [1.165, 1.54) is 24.8 Å². The smallest absolute Gasteiger partial charge is 0.0104 e. The summed E-state index contributed by atoms with van der Waals surface area (Å²) in [6.45, 7) is 6.18. The SMILES string of the molecule is C=C(C)CCC(NC)C1C2CCc3ccccc3C21. The van der Waals surface area contributed by atoms with Crippen LogP contribution in [0.2, 0.25) is 0 Å². The maximum Gasteiger partial charge on any atom is 0.0104 e. The van der Waals surface area contributed by atoms with Crippen LogP contribution in [-0.4, -0.2) is 13.1 Å². The van der Waals surface area contributed by atoms with Crippen molar-refractivity contribution in [1.82, 2.24) is 5.32 Å². The van der Waals surface area contributed by atoms with Gasteiger partial charge in [-0.15, -0.1) is 6.58 Å². The first-order valence-corrected chi connectivity index (χ1v) is 7.62. The lowest BCUT2D eigenvalue weighted by molar-refractivity contribution is 0.439. The fourth-order valence-corrected chi connectivity index (χ4v) is 4.10. The number of hydrogen-bond acceptors (Lipinski definition) is 1. The van der Waals surface area contributed by atoms with Gasteiger partial charge in [-0.3, -0.25) is 0 Å².